The number of hydrogen-bond donors (Lipinski definition) is 0. The molecule has 0 spiro atoms. The summed E-state index contributed by atoms with van der Waals surface area (Å²) in [6, 6.07) is 16.9. The number of amides is 2. The lowest BCUT2D eigenvalue weighted by Crippen LogP contribution is -2.41. The monoisotopic (exact) mass is 466 g/mol. The molecule has 170 valence electrons. The van der Waals surface area contributed by atoms with Gasteiger partial charge in [-0.3, -0.25) is 19.3 Å². The largest absolute Gasteiger partial charge is 0.421 e. The Morgan fingerprint density at radius 3 is 2.30 bits per heavy atom. The van der Waals surface area contributed by atoms with Crippen molar-refractivity contribution in [3.63, 3.8) is 0 Å². The highest BCUT2D eigenvalue weighted by molar-refractivity contribution is 7.90. The van der Waals surface area contributed by atoms with Crippen LogP contribution in [0.5, 0.6) is 0 Å². The highest BCUT2D eigenvalue weighted by Crippen LogP contribution is 2.26. The Bertz CT molecular complexity index is 1390. The van der Waals surface area contributed by atoms with Gasteiger partial charge in [-0.15, -0.1) is 0 Å². The second-order valence-corrected chi connectivity index (χ2v) is 9.18. The van der Waals surface area contributed by atoms with Crippen molar-refractivity contribution in [2.45, 2.75) is 31.1 Å². The van der Waals surface area contributed by atoms with E-state index >= 15 is 0 Å². The van der Waals surface area contributed by atoms with E-state index in [-0.39, 0.29) is 24.2 Å². The fraction of sp³-hybridized carbons (Fsp3) is 0.217. The number of benzene rings is 2. The molecule has 0 bridgehead atoms. The van der Waals surface area contributed by atoms with E-state index in [2.05, 4.69) is 4.79 Å². The van der Waals surface area contributed by atoms with E-state index in [9.17, 15) is 22.8 Å². The van der Waals surface area contributed by atoms with Gasteiger partial charge in [-0.25, -0.2) is 12.4 Å². The summed E-state index contributed by atoms with van der Waals surface area (Å²) in [7, 11) is -2.68. The summed E-state index contributed by atoms with van der Waals surface area (Å²) in [6.45, 7) is 1.05. The molecule has 1 aromatic heterocycles. The van der Waals surface area contributed by atoms with Crippen LogP contribution < -0.4 is 0 Å². The van der Waals surface area contributed by atoms with Gasteiger partial charge in [0, 0.05) is 31.5 Å². The predicted octanol–water partition coefficient (Wildman–Crippen LogP) is 2.45. The fourth-order valence-corrected chi connectivity index (χ4v) is 5.06. The number of ketones is 1. The summed E-state index contributed by atoms with van der Waals surface area (Å²) in [5.74, 6) is -2.36. The summed E-state index contributed by atoms with van der Waals surface area (Å²) in [4.78, 5) is 39.5. The van der Waals surface area contributed by atoms with E-state index in [0.29, 0.717) is 16.1 Å². The predicted molar refractivity (Wildman–Crippen MR) is 121 cm³/mol. The number of aryl methyl sites for hydroxylation is 1. The molecule has 0 aliphatic carbocycles. The van der Waals surface area contributed by atoms with Gasteiger partial charge in [-0.2, -0.15) is 4.79 Å². The van der Waals surface area contributed by atoms with Crippen molar-refractivity contribution < 1.29 is 27.6 Å². The molecule has 0 aliphatic rings. The number of para-hydroxylation sites is 1. The summed E-state index contributed by atoms with van der Waals surface area (Å²) in [5.41, 5.74) is 9.14. The molecule has 0 atom stereocenters. The first kappa shape index (κ1) is 23.8. The van der Waals surface area contributed by atoms with Crippen molar-refractivity contribution in [2.75, 3.05) is 7.05 Å². The van der Waals surface area contributed by atoms with E-state index in [1.165, 1.54) is 23.2 Å². The number of hydrogen-bond acceptors (Lipinski definition) is 5. The molecule has 0 aliphatic heterocycles. The Kier molecular flexibility index (Phi) is 7.01. The Morgan fingerprint density at radius 2 is 1.67 bits per heavy atom. The van der Waals surface area contributed by atoms with Gasteiger partial charge in [0.1, 0.15) is 0 Å². The van der Waals surface area contributed by atoms with Gasteiger partial charge in [-0.05, 0) is 37.1 Å². The second-order valence-electron chi connectivity index (χ2n) is 7.39. The van der Waals surface area contributed by atoms with Gasteiger partial charge in [-0.1, -0.05) is 36.4 Å². The summed E-state index contributed by atoms with van der Waals surface area (Å²) in [5, 5.41) is 0.746. The average Bonchev–Trinajstić information content (AvgIpc) is 3.18. The minimum Gasteiger partial charge on any atom is -0.360 e. The van der Waals surface area contributed by atoms with E-state index in [0.717, 1.165) is 12.3 Å². The van der Waals surface area contributed by atoms with Crippen molar-refractivity contribution in [1.82, 2.24) is 8.87 Å². The molecule has 0 saturated heterocycles. The van der Waals surface area contributed by atoms with Crippen LogP contribution in [0.2, 0.25) is 0 Å². The minimum atomic E-state index is -3.87. The fourth-order valence-electron chi connectivity index (χ4n) is 3.47. The molecule has 2 amide bonds. The molecule has 3 aromatic rings. The van der Waals surface area contributed by atoms with Gasteiger partial charge in [0.2, 0.25) is 11.7 Å². The standard InChI is InChI=1S/C23H22N4O5S/c1-16(28)22(25-24)23(30)26(2)21(29)14-8-10-18-15-17-9-6-7-13-20(17)27(18)33(31,32)19-11-4-3-5-12-19/h3-7,9,11-13,15H,8,10,14H2,1-2H3. The van der Waals surface area contributed by atoms with Crippen LogP contribution >= 0.6 is 0 Å². The molecule has 1 heterocycles. The molecule has 2 aromatic carbocycles. The number of Topliss-reactive ketones (excluding diaryl/α,β-unsaturated/α-hetero) is 1. The molecule has 9 nitrogen and oxygen atoms in total. The van der Waals surface area contributed by atoms with Gasteiger partial charge in [0.25, 0.3) is 10.0 Å². The van der Waals surface area contributed by atoms with Crippen LogP contribution in [0.1, 0.15) is 25.5 Å². The van der Waals surface area contributed by atoms with Crippen molar-refractivity contribution in [2.24, 2.45) is 0 Å². The van der Waals surface area contributed by atoms with Crippen LogP contribution in [0.4, 0.5) is 0 Å². The normalized spacial score (nSPS) is 11.1. The average molecular weight is 467 g/mol. The minimum absolute atomic E-state index is 0.0776. The van der Waals surface area contributed by atoms with Gasteiger partial charge in [0.15, 0.2) is 0 Å². The van der Waals surface area contributed by atoms with E-state index < -0.39 is 33.3 Å². The Labute approximate surface area is 190 Å². The van der Waals surface area contributed by atoms with Gasteiger partial charge < -0.3 is 5.53 Å². The smallest absolute Gasteiger partial charge is 0.360 e. The maximum absolute atomic E-state index is 13.4. The van der Waals surface area contributed by atoms with Crippen LogP contribution in [0.15, 0.2) is 65.6 Å². The summed E-state index contributed by atoms with van der Waals surface area (Å²) >= 11 is 0. The zero-order chi connectivity index (χ0) is 24.2. The summed E-state index contributed by atoms with van der Waals surface area (Å²) in [6.07, 6.45) is 0.427. The number of aromatic nitrogens is 1. The van der Waals surface area contributed by atoms with E-state index in [4.69, 9.17) is 5.53 Å². The molecule has 33 heavy (non-hydrogen) atoms. The van der Waals surface area contributed by atoms with Crippen LogP contribution in [0.25, 0.3) is 16.4 Å². The maximum Gasteiger partial charge on any atom is 0.421 e. The zero-order valence-corrected chi connectivity index (χ0v) is 18.9. The first-order valence-corrected chi connectivity index (χ1v) is 11.6. The SMILES string of the molecule is CC(=O)C(=[N+]=[N-])C(=O)N(C)C(=O)CCCc1cc2ccccc2n1S(=O)(=O)c1ccccc1. The Morgan fingerprint density at radius 1 is 1.03 bits per heavy atom. The highest BCUT2D eigenvalue weighted by atomic mass is 32.2. The quantitative estimate of drug-likeness (QED) is 0.218. The van der Waals surface area contributed by atoms with Crippen LogP contribution in [-0.4, -0.2) is 52.4 Å². The van der Waals surface area contributed by atoms with E-state index in [1.54, 1.807) is 36.4 Å². The zero-order valence-electron chi connectivity index (χ0n) is 18.1. The number of carbonyl (C=O) groups is 3. The van der Waals surface area contributed by atoms with Crippen LogP contribution in [-0.2, 0) is 30.8 Å². The van der Waals surface area contributed by atoms with Crippen molar-refractivity contribution in [1.29, 1.82) is 0 Å². The van der Waals surface area contributed by atoms with Crippen LogP contribution in [0, 0.1) is 0 Å². The topological polar surface area (TPSA) is 130 Å². The molecular formula is C23H22N4O5S. The number of fused-ring (bicyclic) bond motifs is 1. The van der Waals surface area contributed by atoms with Gasteiger partial charge >= 0.3 is 11.6 Å². The third kappa shape index (κ3) is 4.82. The number of rotatable bonds is 8. The van der Waals surface area contributed by atoms with Crippen LogP contribution in [0.3, 0.4) is 0 Å². The third-order valence-corrected chi connectivity index (χ3v) is 6.94. The lowest BCUT2D eigenvalue weighted by Gasteiger charge is -2.14. The molecule has 0 N–H and O–H groups in total. The van der Waals surface area contributed by atoms with Gasteiger partial charge in [0.05, 0.1) is 10.4 Å². The summed E-state index contributed by atoms with van der Waals surface area (Å²) < 4.78 is 28.0. The number of carbonyl (C=O) groups excluding carboxylic acids is 3. The third-order valence-electron chi connectivity index (χ3n) is 5.16. The molecule has 3 rings (SSSR count). The first-order chi connectivity index (χ1) is 15.7. The highest BCUT2D eigenvalue weighted by Gasteiger charge is 2.32. The second kappa shape index (κ2) is 9.72. The maximum atomic E-state index is 13.4. The molecule has 0 unspecified atom stereocenters. The van der Waals surface area contributed by atoms with Crippen molar-refractivity contribution >= 4 is 44.2 Å². The molecule has 10 heteroatoms. The van der Waals surface area contributed by atoms with Crippen molar-refractivity contribution in [3.05, 3.63) is 71.9 Å². The molecule has 0 radical (unpaired) electrons. The number of nitrogens with zero attached hydrogens (tertiary/aromatic N) is 4. The lowest BCUT2D eigenvalue weighted by atomic mass is 10.1. The van der Waals surface area contributed by atoms with E-state index in [1.807, 2.05) is 12.1 Å². The molecule has 0 fully saturated rings. The lowest BCUT2D eigenvalue weighted by molar-refractivity contribution is -0.142. The number of imide groups is 1. The molecule has 0 saturated carbocycles. The Balaban J connectivity index is 1.84. The molecular weight excluding hydrogens is 444 g/mol. The Hall–Kier alpha value is -3.88. The first-order valence-electron chi connectivity index (χ1n) is 10.1. The van der Waals surface area contributed by atoms with Crippen molar-refractivity contribution in [3.8, 4) is 0 Å².